The van der Waals surface area contributed by atoms with Crippen LogP contribution in [-0.2, 0) is 4.74 Å². The number of carboxylic acids is 1. The van der Waals surface area contributed by atoms with Crippen LogP contribution in [0.4, 0.5) is 11.5 Å². The summed E-state index contributed by atoms with van der Waals surface area (Å²) >= 11 is 0. The molecule has 8 nitrogen and oxygen atoms in total. The number of hydrogen-bond donors (Lipinski definition) is 2. The van der Waals surface area contributed by atoms with Crippen LogP contribution in [0.2, 0.25) is 0 Å². The molecule has 166 valence electrons. The van der Waals surface area contributed by atoms with E-state index in [1.54, 1.807) is 25.3 Å². The second-order valence-corrected chi connectivity index (χ2v) is 8.42. The van der Waals surface area contributed by atoms with E-state index in [-0.39, 0.29) is 5.56 Å². The summed E-state index contributed by atoms with van der Waals surface area (Å²) in [6, 6.07) is 9.31. The Morgan fingerprint density at radius 1 is 1.19 bits per heavy atom. The van der Waals surface area contributed by atoms with Crippen LogP contribution in [0.25, 0.3) is 0 Å². The Bertz CT molecular complexity index is 1130. The van der Waals surface area contributed by atoms with Crippen molar-refractivity contribution in [2.45, 2.75) is 44.6 Å². The number of aromatic nitrogens is 3. The molecule has 2 fully saturated rings. The van der Waals surface area contributed by atoms with Crippen molar-refractivity contribution in [3.8, 4) is 11.5 Å². The largest absolute Gasteiger partial charge is 0.478 e. The Morgan fingerprint density at radius 3 is 2.75 bits per heavy atom. The van der Waals surface area contributed by atoms with Gasteiger partial charge in [-0.05, 0) is 56.4 Å². The fourth-order valence-electron chi connectivity index (χ4n) is 4.00. The van der Waals surface area contributed by atoms with Gasteiger partial charge in [-0.3, -0.25) is 4.68 Å². The summed E-state index contributed by atoms with van der Waals surface area (Å²) in [6.45, 7) is 3.27. The molecule has 0 bridgehead atoms. The molecule has 8 heteroatoms. The minimum atomic E-state index is -0.954. The standard InChI is InChI=1S/C24H26N4O4/c1-15-2-3-17(12-20(15)24(29)30)26-22-13-19(6-9-25-22)32-21-14-28(18-4-5-18)27-23(21)16-7-10-31-11-8-16/h2-3,6,9,12-14,16,18H,4-5,7-8,10-11H2,1H3,(H,25,26)(H,29,30). The van der Waals surface area contributed by atoms with E-state index in [0.717, 1.165) is 50.3 Å². The summed E-state index contributed by atoms with van der Waals surface area (Å²) in [7, 11) is 0. The molecule has 0 spiro atoms. The highest BCUT2D eigenvalue weighted by Gasteiger charge is 2.29. The fourth-order valence-corrected chi connectivity index (χ4v) is 4.00. The predicted octanol–water partition coefficient (Wildman–Crippen LogP) is 5.05. The second-order valence-electron chi connectivity index (χ2n) is 8.42. The van der Waals surface area contributed by atoms with Crippen molar-refractivity contribution in [3.05, 3.63) is 59.5 Å². The van der Waals surface area contributed by atoms with Crippen molar-refractivity contribution >= 4 is 17.5 Å². The van der Waals surface area contributed by atoms with Gasteiger partial charge in [0.05, 0.1) is 17.8 Å². The number of rotatable bonds is 7. The molecule has 1 aliphatic carbocycles. The van der Waals surface area contributed by atoms with Gasteiger partial charge in [0.25, 0.3) is 0 Å². The van der Waals surface area contributed by atoms with Crippen LogP contribution in [0, 0.1) is 6.92 Å². The highest BCUT2D eigenvalue weighted by molar-refractivity contribution is 5.90. The lowest BCUT2D eigenvalue weighted by molar-refractivity contribution is 0.0696. The molecular weight excluding hydrogens is 408 g/mol. The monoisotopic (exact) mass is 434 g/mol. The molecule has 1 aromatic carbocycles. The maximum atomic E-state index is 11.4. The molecule has 32 heavy (non-hydrogen) atoms. The molecule has 3 aromatic rings. The summed E-state index contributed by atoms with van der Waals surface area (Å²) in [6.07, 6.45) is 7.89. The van der Waals surface area contributed by atoms with Crippen LogP contribution in [0.1, 0.15) is 59.3 Å². The first kappa shape index (κ1) is 20.5. The molecule has 0 radical (unpaired) electrons. The van der Waals surface area contributed by atoms with Gasteiger partial charge in [0.1, 0.15) is 17.3 Å². The zero-order valence-electron chi connectivity index (χ0n) is 18.0. The second kappa shape index (κ2) is 8.63. The average Bonchev–Trinajstić information content (AvgIpc) is 3.56. The van der Waals surface area contributed by atoms with Crippen LogP contribution in [0.15, 0.2) is 42.7 Å². The molecule has 3 heterocycles. The molecule has 2 aromatic heterocycles. The Kier molecular flexibility index (Phi) is 5.53. The van der Waals surface area contributed by atoms with Gasteiger partial charge >= 0.3 is 5.97 Å². The van der Waals surface area contributed by atoms with Gasteiger partial charge < -0.3 is 19.9 Å². The van der Waals surface area contributed by atoms with E-state index in [0.29, 0.717) is 34.8 Å². The number of pyridine rings is 1. The van der Waals surface area contributed by atoms with Crippen LogP contribution >= 0.6 is 0 Å². The number of aromatic carboxylic acids is 1. The number of nitrogens with zero attached hydrogens (tertiary/aromatic N) is 3. The summed E-state index contributed by atoms with van der Waals surface area (Å²) in [5.41, 5.74) is 2.62. The molecule has 1 saturated heterocycles. The molecule has 1 aliphatic heterocycles. The zero-order chi connectivity index (χ0) is 22.1. The quantitative estimate of drug-likeness (QED) is 0.537. The minimum absolute atomic E-state index is 0.260. The van der Waals surface area contributed by atoms with Gasteiger partial charge in [0, 0.05) is 37.1 Å². The van der Waals surface area contributed by atoms with E-state index in [1.165, 1.54) is 0 Å². The lowest BCUT2D eigenvalue weighted by Gasteiger charge is -2.21. The average molecular weight is 434 g/mol. The predicted molar refractivity (Wildman–Crippen MR) is 119 cm³/mol. The topological polar surface area (TPSA) is 98.5 Å². The summed E-state index contributed by atoms with van der Waals surface area (Å²) in [5.74, 6) is 1.38. The Labute approximate surface area is 186 Å². The van der Waals surface area contributed by atoms with Crippen molar-refractivity contribution in [1.29, 1.82) is 0 Å². The molecule has 2 aliphatic rings. The number of nitrogens with one attached hydrogen (secondary N) is 1. The molecular formula is C24H26N4O4. The Morgan fingerprint density at radius 2 is 2.00 bits per heavy atom. The van der Waals surface area contributed by atoms with Crippen molar-refractivity contribution < 1.29 is 19.4 Å². The van der Waals surface area contributed by atoms with Gasteiger partial charge in [-0.2, -0.15) is 5.10 Å². The van der Waals surface area contributed by atoms with E-state index in [1.807, 2.05) is 29.1 Å². The smallest absolute Gasteiger partial charge is 0.336 e. The Balaban J connectivity index is 1.37. The number of carboxylic acid groups (broad SMARTS) is 1. The summed E-state index contributed by atoms with van der Waals surface area (Å²) < 4.78 is 13.8. The van der Waals surface area contributed by atoms with Crippen LogP contribution in [-0.4, -0.2) is 39.1 Å². The lowest BCUT2D eigenvalue weighted by atomic mass is 9.96. The van der Waals surface area contributed by atoms with E-state index >= 15 is 0 Å². The van der Waals surface area contributed by atoms with E-state index in [4.69, 9.17) is 14.6 Å². The van der Waals surface area contributed by atoms with Crippen LogP contribution in [0.3, 0.4) is 0 Å². The number of hydrogen-bond acceptors (Lipinski definition) is 6. The number of aryl methyl sites for hydroxylation is 1. The van der Waals surface area contributed by atoms with Crippen molar-refractivity contribution in [3.63, 3.8) is 0 Å². The van der Waals surface area contributed by atoms with Crippen molar-refractivity contribution in [2.24, 2.45) is 0 Å². The summed E-state index contributed by atoms with van der Waals surface area (Å²) in [4.78, 5) is 15.8. The van der Waals surface area contributed by atoms with Crippen LogP contribution < -0.4 is 10.1 Å². The normalized spacial score (nSPS) is 16.7. The van der Waals surface area contributed by atoms with Crippen molar-refractivity contribution in [2.75, 3.05) is 18.5 Å². The first-order chi connectivity index (χ1) is 15.6. The lowest BCUT2D eigenvalue weighted by Crippen LogP contribution is -2.15. The van der Waals surface area contributed by atoms with Crippen molar-refractivity contribution in [1.82, 2.24) is 14.8 Å². The van der Waals surface area contributed by atoms with Gasteiger partial charge in [0.2, 0.25) is 0 Å². The van der Waals surface area contributed by atoms with Gasteiger partial charge in [-0.15, -0.1) is 0 Å². The highest BCUT2D eigenvalue weighted by Crippen LogP contribution is 2.40. The fraction of sp³-hybridized carbons (Fsp3) is 0.375. The third-order valence-electron chi connectivity index (χ3n) is 5.95. The van der Waals surface area contributed by atoms with Gasteiger partial charge in [0.15, 0.2) is 5.75 Å². The number of ether oxygens (including phenoxy) is 2. The minimum Gasteiger partial charge on any atom is -0.478 e. The Hall–Kier alpha value is -3.39. The SMILES string of the molecule is Cc1ccc(Nc2cc(Oc3cn(C4CC4)nc3C3CCOCC3)ccn2)cc1C(=O)O. The first-order valence-corrected chi connectivity index (χ1v) is 11.0. The van der Waals surface area contributed by atoms with E-state index in [9.17, 15) is 9.90 Å². The number of anilines is 2. The number of carbonyl (C=O) groups is 1. The maximum absolute atomic E-state index is 11.4. The first-order valence-electron chi connectivity index (χ1n) is 11.0. The molecule has 0 amide bonds. The van der Waals surface area contributed by atoms with Gasteiger partial charge in [-0.1, -0.05) is 6.07 Å². The van der Waals surface area contributed by atoms with E-state index in [2.05, 4.69) is 10.3 Å². The molecule has 5 rings (SSSR count). The maximum Gasteiger partial charge on any atom is 0.336 e. The summed E-state index contributed by atoms with van der Waals surface area (Å²) in [5, 5.41) is 17.4. The molecule has 1 saturated carbocycles. The molecule has 0 atom stereocenters. The molecule has 0 unspecified atom stereocenters. The zero-order valence-corrected chi connectivity index (χ0v) is 18.0. The highest BCUT2D eigenvalue weighted by atomic mass is 16.5. The third-order valence-corrected chi connectivity index (χ3v) is 5.95. The molecule has 2 N–H and O–H groups in total. The van der Waals surface area contributed by atoms with E-state index < -0.39 is 5.97 Å². The van der Waals surface area contributed by atoms with Crippen LogP contribution in [0.5, 0.6) is 11.5 Å². The third kappa shape index (κ3) is 4.45. The van der Waals surface area contributed by atoms with Gasteiger partial charge in [-0.25, -0.2) is 9.78 Å². The number of benzene rings is 1.